The normalized spacial score (nSPS) is 10.4. The number of benzene rings is 3. The summed E-state index contributed by atoms with van der Waals surface area (Å²) in [6.45, 7) is 2.48. The molecule has 0 fully saturated rings. The van der Waals surface area contributed by atoms with E-state index < -0.39 is 5.97 Å². The molecule has 0 aliphatic heterocycles. The summed E-state index contributed by atoms with van der Waals surface area (Å²) in [5, 5.41) is 8.89. The number of hydrogen-bond acceptors (Lipinski definition) is 2. The minimum atomic E-state index is -0.922. The van der Waals surface area contributed by atoms with E-state index in [-0.39, 0.29) is 5.56 Å². The van der Waals surface area contributed by atoms with Crippen molar-refractivity contribution in [2.45, 2.75) is 13.5 Å². The SMILES string of the molecule is Cc1ccc(-c2ccc(OCc3ccc(C(=O)O)cc3)cc2)cc1. The first-order chi connectivity index (χ1) is 11.6. The van der Waals surface area contributed by atoms with Crippen molar-refractivity contribution in [2.24, 2.45) is 0 Å². The number of hydrogen-bond donors (Lipinski definition) is 1. The number of ether oxygens (including phenoxy) is 1. The van der Waals surface area contributed by atoms with Crippen molar-refractivity contribution in [3.8, 4) is 16.9 Å². The molecule has 3 rings (SSSR count). The molecule has 0 atom stereocenters. The summed E-state index contributed by atoms with van der Waals surface area (Å²) in [4.78, 5) is 10.8. The van der Waals surface area contributed by atoms with E-state index in [1.165, 1.54) is 11.1 Å². The van der Waals surface area contributed by atoms with Crippen molar-refractivity contribution in [3.05, 3.63) is 89.5 Å². The Labute approximate surface area is 141 Å². The second-order valence-electron chi connectivity index (χ2n) is 5.68. The van der Waals surface area contributed by atoms with E-state index in [0.29, 0.717) is 6.61 Å². The van der Waals surface area contributed by atoms with Gasteiger partial charge < -0.3 is 9.84 Å². The van der Waals surface area contributed by atoms with Gasteiger partial charge in [-0.05, 0) is 47.9 Å². The van der Waals surface area contributed by atoms with Gasteiger partial charge >= 0.3 is 5.97 Å². The molecule has 24 heavy (non-hydrogen) atoms. The number of aromatic carboxylic acids is 1. The van der Waals surface area contributed by atoms with Gasteiger partial charge in [-0.15, -0.1) is 0 Å². The molecule has 0 radical (unpaired) electrons. The van der Waals surface area contributed by atoms with Crippen LogP contribution in [-0.4, -0.2) is 11.1 Å². The highest BCUT2D eigenvalue weighted by Gasteiger charge is 2.03. The van der Waals surface area contributed by atoms with Crippen molar-refractivity contribution in [1.82, 2.24) is 0 Å². The second-order valence-corrected chi connectivity index (χ2v) is 5.68. The maximum atomic E-state index is 10.8. The molecule has 0 heterocycles. The summed E-state index contributed by atoms with van der Waals surface area (Å²) in [5.41, 5.74) is 4.78. The van der Waals surface area contributed by atoms with Crippen LogP contribution >= 0.6 is 0 Å². The highest BCUT2D eigenvalue weighted by atomic mass is 16.5. The van der Waals surface area contributed by atoms with Gasteiger partial charge in [0.25, 0.3) is 0 Å². The summed E-state index contributed by atoms with van der Waals surface area (Å²) in [6.07, 6.45) is 0. The topological polar surface area (TPSA) is 46.5 Å². The molecular formula is C21H18O3. The van der Waals surface area contributed by atoms with E-state index >= 15 is 0 Å². The molecule has 0 aliphatic carbocycles. The van der Waals surface area contributed by atoms with Crippen molar-refractivity contribution in [3.63, 3.8) is 0 Å². The molecule has 0 saturated carbocycles. The second kappa shape index (κ2) is 7.01. The Hall–Kier alpha value is -3.07. The van der Waals surface area contributed by atoms with Crippen molar-refractivity contribution < 1.29 is 14.6 Å². The maximum Gasteiger partial charge on any atom is 0.335 e. The quantitative estimate of drug-likeness (QED) is 0.725. The maximum absolute atomic E-state index is 10.8. The molecule has 0 unspecified atom stereocenters. The van der Waals surface area contributed by atoms with Crippen molar-refractivity contribution in [1.29, 1.82) is 0 Å². The van der Waals surface area contributed by atoms with Crippen LogP contribution in [0, 0.1) is 6.92 Å². The van der Waals surface area contributed by atoms with Crippen molar-refractivity contribution in [2.75, 3.05) is 0 Å². The van der Waals surface area contributed by atoms with Gasteiger partial charge in [0.15, 0.2) is 0 Å². The molecule has 3 nitrogen and oxygen atoms in total. The molecular weight excluding hydrogens is 300 g/mol. The van der Waals surface area contributed by atoms with Gasteiger partial charge in [-0.2, -0.15) is 0 Å². The van der Waals surface area contributed by atoms with Crippen LogP contribution in [0.15, 0.2) is 72.8 Å². The van der Waals surface area contributed by atoms with Gasteiger partial charge in [-0.1, -0.05) is 54.1 Å². The lowest BCUT2D eigenvalue weighted by molar-refractivity contribution is 0.0697. The minimum Gasteiger partial charge on any atom is -0.489 e. The van der Waals surface area contributed by atoms with Crippen LogP contribution in [-0.2, 0) is 6.61 Å². The predicted molar refractivity (Wildman–Crippen MR) is 94.3 cm³/mol. The molecule has 0 amide bonds. The van der Waals surface area contributed by atoms with E-state index in [0.717, 1.165) is 16.9 Å². The molecule has 0 spiro atoms. The molecule has 0 saturated heterocycles. The molecule has 1 N–H and O–H groups in total. The number of carboxylic acid groups (broad SMARTS) is 1. The molecule has 3 heteroatoms. The fraction of sp³-hybridized carbons (Fsp3) is 0.0952. The summed E-state index contributed by atoms with van der Waals surface area (Å²) in [6, 6.07) is 23.1. The summed E-state index contributed by atoms with van der Waals surface area (Å²) >= 11 is 0. The monoisotopic (exact) mass is 318 g/mol. The Morgan fingerprint density at radius 3 is 1.92 bits per heavy atom. The van der Waals surface area contributed by atoms with Gasteiger partial charge in [-0.3, -0.25) is 0 Å². The number of carboxylic acids is 1. The van der Waals surface area contributed by atoms with E-state index in [4.69, 9.17) is 9.84 Å². The first-order valence-electron chi connectivity index (χ1n) is 7.74. The van der Waals surface area contributed by atoms with Crippen LogP contribution in [0.2, 0.25) is 0 Å². The fourth-order valence-corrected chi connectivity index (χ4v) is 2.40. The van der Waals surface area contributed by atoms with Gasteiger partial charge in [0.05, 0.1) is 5.56 Å². The van der Waals surface area contributed by atoms with E-state index in [9.17, 15) is 4.79 Å². The third-order valence-corrected chi connectivity index (χ3v) is 3.85. The molecule has 120 valence electrons. The van der Waals surface area contributed by atoms with Crippen LogP contribution in [0.1, 0.15) is 21.5 Å². The predicted octanol–water partition coefficient (Wildman–Crippen LogP) is 4.94. The Kier molecular flexibility index (Phi) is 4.62. The van der Waals surface area contributed by atoms with Gasteiger partial charge in [-0.25, -0.2) is 4.79 Å². The van der Waals surface area contributed by atoms with Crippen LogP contribution in [0.5, 0.6) is 5.75 Å². The highest BCUT2D eigenvalue weighted by Crippen LogP contribution is 2.23. The van der Waals surface area contributed by atoms with E-state index in [2.05, 4.69) is 31.2 Å². The zero-order chi connectivity index (χ0) is 16.9. The Morgan fingerprint density at radius 2 is 1.38 bits per heavy atom. The van der Waals surface area contributed by atoms with Crippen LogP contribution < -0.4 is 4.74 Å². The Morgan fingerprint density at radius 1 is 0.833 bits per heavy atom. The van der Waals surface area contributed by atoms with Crippen LogP contribution in [0.3, 0.4) is 0 Å². The largest absolute Gasteiger partial charge is 0.489 e. The minimum absolute atomic E-state index is 0.279. The molecule has 3 aromatic carbocycles. The van der Waals surface area contributed by atoms with Crippen LogP contribution in [0.25, 0.3) is 11.1 Å². The molecule has 0 aliphatic rings. The first-order valence-corrected chi connectivity index (χ1v) is 7.74. The summed E-state index contributed by atoms with van der Waals surface area (Å²) < 4.78 is 5.75. The smallest absolute Gasteiger partial charge is 0.335 e. The van der Waals surface area contributed by atoms with Crippen molar-refractivity contribution >= 4 is 5.97 Å². The third kappa shape index (κ3) is 3.82. The van der Waals surface area contributed by atoms with Gasteiger partial charge in [0.1, 0.15) is 12.4 Å². The Balaban J connectivity index is 1.63. The summed E-state index contributed by atoms with van der Waals surface area (Å²) in [7, 11) is 0. The lowest BCUT2D eigenvalue weighted by Gasteiger charge is -2.08. The van der Waals surface area contributed by atoms with Gasteiger partial charge in [0.2, 0.25) is 0 Å². The van der Waals surface area contributed by atoms with Gasteiger partial charge in [0, 0.05) is 0 Å². The zero-order valence-corrected chi connectivity index (χ0v) is 13.4. The zero-order valence-electron chi connectivity index (χ0n) is 13.4. The third-order valence-electron chi connectivity index (χ3n) is 3.85. The number of rotatable bonds is 5. The van der Waals surface area contributed by atoms with E-state index in [1.54, 1.807) is 24.3 Å². The summed E-state index contributed by atoms with van der Waals surface area (Å²) in [5.74, 6) is -0.137. The Bertz CT molecular complexity index is 816. The van der Waals surface area contributed by atoms with E-state index in [1.807, 2.05) is 24.3 Å². The molecule has 0 aromatic heterocycles. The lowest BCUT2D eigenvalue weighted by Crippen LogP contribution is -1.98. The average Bonchev–Trinajstić information content (AvgIpc) is 2.61. The highest BCUT2D eigenvalue weighted by molar-refractivity contribution is 5.87. The average molecular weight is 318 g/mol. The molecule has 0 bridgehead atoms. The van der Waals surface area contributed by atoms with Crippen LogP contribution in [0.4, 0.5) is 0 Å². The standard InChI is InChI=1S/C21H18O3/c1-15-2-6-17(7-3-15)18-10-12-20(13-11-18)24-14-16-4-8-19(9-5-16)21(22)23/h2-13H,14H2,1H3,(H,22,23). The number of carbonyl (C=O) groups is 1. The first kappa shape index (κ1) is 15.8. The molecule has 3 aromatic rings. The lowest BCUT2D eigenvalue weighted by atomic mass is 10.0. The number of aryl methyl sites for hydroxylation is 1. The fourth-order valence-electron chi connectivity index (χ4n) is 2.40.